The molecule has 2 aliphatic rings. The topological polar surface area (TPSA) is 44.8 Å². The van der Waals surface area contributed by atoms with Crippen molar-refractivity contribution < 1.29 is 18.8 Å². The summed E-state index contributed by atoms with van der Waals surface area (Å²) in [5.41, 5.74) is 0.829. The van der Waals surface area contributed by atoms with Crippen molar-refractivity contribution in [1.82, 2.24) is 0 Å². The van der Waals surface area contributed by atoms with E-state index in [1.807, 2.05) is 33.8 Å². The van der Waals surface area contributed by atoms with Gasteiger partial charge in [0.25, 0.3) is 0 Å². The molecule has 1 aliphatic carbocycles. The largest absolute Gasteiger partial charge is 0.490 e. The summed E-state index contributed by atoms with van der Waals surface area (Å²) in [5.74, 6) is -0.318. The van der Waals surface area contributed by atoms with Crippen molar-refractivity contribution in [2.75, 3.05) is 7.11 Å². The van der Waals surface area contributed by atoms with Gasteiger partial charge in [0, 0.05) is 0 Å². The third-order valence-corrected chi connectivity index (χ3v) is 3.88. The molecule has 0 amide bonds. The van der Waals surface area contributed by atoms with Gasteiger partial charge in [0.05, 0.1) is 23.9 Å². The third kappa shape index (κ3) is 2.13. The minimum atomic E-state index is -0.381. The molecule has 1 fully saturated rings. The van der Waals surface area contributed by atoms with E-state index in [9.17, 15) is 4.79 Å². The maximum atomic E-state index is 11.4. The lowest BCUT2D eigenvalue weighted by Crippen LogP contribution is -2.41. The Kier molecular flexibility index (Phi) is 3.15. The quantitative estimate of drug-likeness (QED) is 0.555. The van der Waals surface area contributed by atoms with Crippen molar-refractivity contribution in [2.45, 2.75) is 45.3 Å². The van der Waals surface area contributed by atoms with Crippen molar-refractivity contribution in [2.24, 2.45) is 0 Å². The Morgan fingerprint density at radius 3 is 2.33 bits per heavy atom. The van der Waals surface area contributed by atoms with E-state index in [1.54, 1.807) is 6.08 Å². The summed E-state index contributed by atoms with van der Waals surface area (Å²) in [5, 5.41) is 0. The molecule has 5 heteroatoms. The number of methoxy groups -OCH3 is 1. The Morgan fingerprint density at radius 1 is 1.28 bits per heavy atom. The fourth-order valence-corrected chi connectivity index (χ4v) is 1.96. The summed E-state index contributed by atoms with van der Waals surface area (Å²) in [7, 11) is 0.998. The molecule has 2 rings (SSSR count). The van der Waals surface area contributed by atoms with Crippen LogP contribution in [0.2, 0.25) is 0 Å². The van der Waals surface area contributed by atoms with Gasteiger partial charge < -0.3 is 14.0 Å². The molecule has 0 unspecified atom stereocenters. The van der Waals surface area contributed by atoms with Gasteiger partial charge in [-0.2, -0.15) is 0 Å². The number of rotatable bonds is 2. The smallest absolute Gasteiger partial charge is 0.465 e. The molecule has 0 aromatic rings. The number of carbonyl (C=O) groups is 1. The van der Waals surface area contributed by atoms with Gasteiger partial charge in [-0.25, -0.2) is 4.79 Å². The van der Waals surface area contributed by atoms with Crippen LogP contribution in [-0.4, -0.2) is 31.4 Å². The van der Waals surface area contributed by atoms with Crippen LogP contribution in [0.15, 0.2) is 23.2 Å². The lowest BCUT2D eigenvalue weighted by atomic mass is 9.77. The molecular weight excluding hydrogens is 231 g/mol. The minimum absolute atomic E-state index is 0.318. The van der Waals surface area contributed by atoms with E-state index in [1.165, 1.54) is 7.11 Å². The summed E-state index contributed by atoms with van der Waals surface area (Å²) in [6.07, 6.45) is 4.31. The maximum absolute atomic E-state index is 11.4. The number of hydrogen-bond donors (Lipinski definition) is 0. The third-order valence-electron chi connectivity index (χ3n) is 3.88. The zero-order valence-corrected chi connectivity index (χ0v) is 11.6. The Bertz CT molecular complexity index is 418. The van der Waals surface area contributed by atoms with Crippen LogP contribution in [-0.2, 0) is 18.8 Å². The van der Waals surface area contributed by atoms with Crippen molar-refractivity contribution >= 4 is 13.1 Å². The van der Waals surface area contributed by atoms with Crippen LogP contribution in [0.25, 0.3) is 0 Å². The minimum Gasteiger partial charge on any atom is -0.465 e. The fourth-order valence-electron chi connectivity index (χ4n) is 1.96. The molecule has 0 aromatic carbocycles. The molecule has 0 radical (unpaired) electrons. The summed E-state index contributed by atoms with van der Waals surface area (Å²) in [6, 6.07) is 0. The van der Waals surface area contributed by atoms with Crippen LogP contribution in [0.5, 0.6) is 0 Å². The summed E-state index contributed by atoms with van der Waals surface area (Å²) < 4.78 is 16.6. The molecule has 1 heterocycles. The monoisotopic (exact) mass is 250 g/mol. The molecule has 98 valence electrons. The summed E-state index contributed by atoms with van der Waals surface area (Å²) in [4.78, 5) is 11.4. The average Bonchev–Trinajstić information content (AvgIpc) is 2.82. The molecule has 1 aliphatic heterocycles. The van der Waals surface area contributed by atoms with E-state index >= 15 is 0 Å². The molecule has 18 heavy (non-hydrogen) atoms. The van der Waals surface area contributed by atoms with Crippen molar-refractivity contribution in [1.29, 1.82) is 0 Å². The predicted molar refractivity (Wildman–Crippen MR) is 68.9 cm³/mol. The fraction of sp³-hybridized carbons (Fsp3) is 0.615. The van der Waals surface area contributed by atoms with E-state index in [2.05, 4.69) is 0 Å². The van der Waals surface area contributed by atoms with E-state index in [0.29, 0.717) is 12.0 Å². The Balaban J connectivity index is 2.12. The Morgan fingerprint density at radius 2 is 1.83 bits per heavy atom. The van der Waals surface area contributed by atoms with Crippen LogP contribution in [0.4, 0.5) is 0 Å². The zero-order valence-electron chi connectivity index (χ0n) is 11.6. The maximum Gasteiger partial charge on any atom is 0.490 e. The van der Waals surface area contributed by atoms with E-state index in [-0.39, 0.29) is 24.3 Å². The molecule has 4 nitrogen and oxygen atoms in total. The SMILES string of the molecule is COC(=O)C1=CCC(B2OC(C)(C)C(C)(C)O2)=C1. The Labute approximate surface area is 108 Å². The van der Waals surface area contributed by atoms with Gasteiger partial charge in [0.2, 0.25) is 0 Å². The van der Waals surface area contributed by atoms with Crippen molar-refractivity contribution in [3.05, 3.63) is 23.2 Å². The number of ether oxygens (including phenoxy) is 1. The van der Waals surface area contributed by atoms with Crippen LogP contribution < -0.4 is 0 Å². The molecule has 1 saturated heterocycles. The number of carbonyl (C=O) groups excluding carboxylic acids is 1. The normalized spacial score (nSPS) is 24.8. The van der Waals surface area contributed by atoms with Gasteiger partial charge in [-0.15, -0.1) is 0 Å². The molecule has 0 bridgehead atoms. The number of esters is 1. The number of hydrogen-bond acceptors (Lipinski definition) is 4. The highest BCUT2D eigenvalue weighted by Crippen LogP contribution is 2.40. The van der Waals surface area contributed by atoms with E-state index in [4.69, 9.17) is 14.0 Å². The first-order valence-corrected chi connectivity index (χ1v) is 6.11. The first-order valence-electron chi connectivity index (χ1n) is 6.11. The summed E-state index contributed by atoms with van der Waals surface area (Å²) >= 11 is 0. The molecule has 0 atom stereocenters. The van der Waals surface area contributed by atoms with Crippen LogP contribution >= 0.6 is 0 Å². The molecule has 0 spiro atoms. The second-order valence-electron chi connectivity index (χ2n) is 5.66. The lowest BCUT2D eigenvalue weighted by molar-refractivity contribution is -0.135. The van der Waals surface area contributed by atoms with Crippen LogP contribution in [0.1, 0.15) is 34.1 Å². The van der Waals surface area contributed by atoms with Crippen molar-refractivity contribution in [3.8, 4) is 0 Å². The lowest BCUT2D eigenvalue weighted by Gasteiger charge is -2.32. The first kappa shape index (κ1) is 13.4. The van der Waals surface area contributed by atoms with Gasteiger partial charge >= 0.3 is 13.1 Å². The number of allylic oxidation sites excluding steroid dienone is 2. The molecule has 0 saturated carbocycles. The van der Waals surface area contributed by atoms with Gasteiger partial charge in [0.1, 0.15) is 0 Å². The Hall–Kier alpha value is -1.07. The highest BCUT2D eigenvalue weighted by Gasteiger charge is 2.52. The highest BCUT2D eigenvalue weighted by atomic mass is 16.7. The van der Waals surface area contributed by atoms with E-state index < -0.39 is 0 Å². The van der Waals surface area contributed by atoms with Gasteiger partial charge in [-0.05, 0) is 39.6 Å². The average molecular weight is 250 g/mol. The van der Waals surface area contributed by atoms with Gasteiger partial charge in [0.15, 0.2) is 0 Å². The zero-order chi connectivity index (χ0) is 13.6. The van der Waals surface area contributed by atoms with E-state index in [0.717, 1.165) is 5.47 Å². The van der Waals surface area contributed by atoms with Crippen LogP contribution in [0, 0.1) is 0 Å². The standard InChI is InChI=1S/C13H19BO4/c1-12(2)13(3,4)18-14(17-12)10-7-6-9(8-10)11(15)16-5/h6,8H,7H2,1-5H3. The van der Waals surface area contributed by atoms with Gasteiger partial charge in [-0.1, -0.05) is 12.2 Å². The predicted octanol–water partition coefficient (Wildman–Crippen LogP) is 2.05. The van der Waals surface area contributed by atoms with Crippen molar-refractivity contribution in [3.63, 3.8) is 0 Å². The molecule has 0 aromatic heterocycles. The second-order valence-corrected chi connectivity index (χ2v) is 5.66. The second kappa shape index (κ2) is 4.25. The van der Waals surface area contributed by atoms with Gasteiger partial charge in [-0.3, -0.25) is 0 Å². The highest BCUT2D eigenvalue weighted by molar-refractivity contribution is 6.55. The molecule has 0 N–H and O–H groups in total. The van der Waals surface area contributed by atoms with Crippen LogP contribution in [0.3, 0.4) is 0 Å². The summed E-state index contributed by atoms with van der Waals surface area (Å²) in [6.45, 7) is 8.04. The molecular formula is C13H19BO4. The first-order chi connectivity index (χ1) is 8.27.